The molecule has 1 aliphatic heterocycles. The van der Waals surface area contributed by atoms with Gasteiger partial charge < -0.3 is 19.5 Å². The summed E-state index contributed by atoms with van der Waals surface area (Å²) in [5, 5.41) is 8.76. The van der Waals surface area contributed by atoms with Crippen LogP contribution < -0.4 is 4.74 Å². The first-order valence-electron chi connectivity index (χ1n) is 9.16. The molecule has 3 rings (SSSR count). The van der Waals surface area contributed by atoms with Crippen molar-refractivity contribution >= 4 is 6.09 Å². The van der Waals surface area contributed by atoms with Crippen molar-refractivity contribution in [3.8, 4) is 5.88 Å². The number of piperidine rings is 1. The number of halogens is 5. The lowest BCUT2D eigenvalue weighted by Crippen LogP contribution is -2.53. The number of alkyl halides is 5. The van der Waals surface area contributed by atoms with Crippen molar-refractivity contribution < 1.29 is 41.3 Å². The van der Waals surface area contributed by atoms with Crippen molar-refractivity contribution in [3.05, 3.63) is 23.9 Å². The molecule has 1 spiro atoms. The van der Waals surface area contributed by atoms with Crippen LogP contribution in [0.15, 0.2) is 18.3 Å². The molecule has 11 heteroatoms. The number of pyridine rings is 1. The van der Waals surface area contributed by atoms with Crippen molar-refractivity contribution in [2.75, 3.05) is 19.7 Å². The third-order valence-corrected chi connectivity index (χ3v) is 5.48. The van der Waals surface area contributed by atoms with Crippen molar-refractivity contribution in [2.24, 2.45) is 5.41 Å². The SMILES string of the molecule is O=C(O[C@H](CO)C(F)(F)F)N1CCC2(CC1)CC(Oc1cc(C(F)F)ccn1)C2. The highest BCUT2D eigenvalue weighted by Gasteiger charge is 2.49. The van der Waals surface area contributed by atoms with Gasteiger partial charge >= 0.3 is 12.3 Å². The first-order valence-corrected chi connectivity index (χ1v) is 9.16. The summed E-state index contributed by atoms with van der Waals surface area (Å²) in [7, 11) is 0. The number of carbonyl (C=O) groups is 1. The molecule has 29 heavy (non-hydrogen) atoms. The maximum absolute atomic E-state index is 12.7. The van der Waals surface area contributed by atoms with Crippen LogP contribution in [0.2, 0.25) is 0 Å². The first-order chi connectivity index (χ1) is 13.6. The van der Waals surface area contributed by atoms with Crippen LogP contribution in [0, 0.1) is 5.41 Å². The van der Waals surface area contributed by atoms with Crippen LogP contribution in [-0.2, 0) is 4.74 Å². The number of aliphatic hydroxyl groups is 1. The molecular formula is C18H21F5N2O4. The van der Waals surface area contributed by atoms with Crippen LogP contribution in [-0.4, -0.2) is 59.2 Å². The lowest BCUT2D eigenvalue weighted by Gasteiger charge is -2.51. The van der Waals surface area contributed by atoms with Gasteiger partial charge in [-0.15, -0.1) is 0 Å². The zero-order chi connectivity index (χ0) is 21.2. The Balaban J connectivity index is 1.46. The number of hydrogen-bond acceptors (Lipinski definition) is 5. The summed E-state index contributed by atoms with van der Waals surface area (Å²) in [6.45, 7) is -0.853. The molecule has 1 saturated carbocycles. The Hall–Kier alpha value is -2.17. The number of aromatic nitrogens is 1. The number of nitrogens with zero attached hydrogens (tertiary/aromatic N) is 2. The van der Waals surface area contributed by atoms with Gasteiger partial charge in [0.25, 0.3) is 6.43 Å². The second-order valence-corrected chi connectivity index (χ2v) is 7.46. The molecule has 1 N–H and O–H groups in total. The predicted octanol–water partition coefficient (Wildman–Crippen LogP) is 3.70. The topological polar surface area (TPSA) is 71.9 Å². The Morgan fingerprint density at radius 2 is 1.97 bits per heavy atom. The van der Waals surface area contributed by atoms with E-state index in [1.165, 1.54) is 23.2 Å². The molecule has 1 atom stereocenters. The number of ether oxygens (including phenoxy) is 2. The lowest BCUT2D eigenvalue weighted by molar-refractivity contribution is -0.215. The van der Waals surface area contributed by atoms with E-state index < -0.39 is 31.4 Å². The molecule has 6 nitrogen and oxygen atoms in total. The third-order valence-electron chi connectivity index (χ3n) is 5.48. The molecule has 0 bridgehead atoms. The number of rotatable bonds is 5. The highest BCUT2D eigenvalue weighted by molar-refractivity contribution is 5.68. The Morgan fingerprint density at radius 3 is 2.52 bits per heavy atom. The molecule has 1 aromatic rings. The van der Waals surface area contributed by atoms with Gasteiger partial charge in [0, 0.05) is 30.9 Å². The highest BCUT2D eigenvalue weighted by Crippen LogP contribution is 2.50. The standard InChI is InChI=1S/C18H21F5N2O4/c19-15(20)11-1-4-24-14(7-11)28-12-8-17(9-12)2-5-25(6-3-17)16(27)29-13(10-26)18(21,22)23/h1,4,7,12-13,15,26H,2-3,5-6,8-10H2/t13-/m1/s1. The summed E-state index contributed by atoms with van der Waals surface area (Å²) >= 11 is 0. The van der Waals surface area contributed by atoms with Gasteiger partial charge in [-0.25, -0.2) is 18.6 Å². The molecular weight excluding hydrogens is 403 g/mol. The van der Waals surface area contributed by atoms with E-state index in [-0.39, 0.29) is 36.1 Å². The summed E-state index contributed by atoms with van der Waals surface area (Å²) < 4.78 is 73.3. The fourth-order valence-corrected chi connectivity index (χ4v) is 3.76. The number of carbonyl (C=O) groups excluding carboxylic acids is 1. The van der Waals surface area contributed by atoms with Crippen LogP contribution in [0.5, 0.6) is 5.88 Å². The molecule has 2 heterocycles. The molecule has 1 aliphatic carbocycles. The molecule has 1 amide bonds. The van der Waals surface area contributed by atoms with Gasteiger partial charge in [0.05, 0.1) is 6.61 Å². The average Bonchev–Trinajstić information content (AvgIpc) is 2.64. The monoisotopic (exact) mass is 424 g/mol. The Morgan fingerprint density at radius 1 is 1.31 bits per heavy atom. The zero-order valence-electron chi connectivity index (χ0n) is 15.4. The molecule has 0 unspecified atom stereocenters. The molecule has 2 aliphatic rings. The largest absolute Gasteiger partial charge is 0.474 e. The maximum atomic E-state index is 12.7. The summed E-state index contributed by atoms with van der Waals surface area (Å²) in [6.07, 6.45) is -7.55. The average molecular weight is 424 g/mol. The summed E-state index contributed by atoms with van der Waals surface area (Å²) in [6, 6.07) is 2.42. The first kappa shape index (κ1) is 21.5. The Bertz CT molecular complexity index is 714. The zero-order valence-corrected chi connectivity index (χ0v) is 15.4. The number of aliphatic hydroxyl groups excluding tert-OH is 1. The molecule has 0 radical (unpaired) electrons. The Labute approximate surface area is 163 Å². The van der Waals surface area contributed by atoms with E-state index in [2.05, 4.69) is 9.72 Å². The fraction of sp³-hybridized carbons (Fsp3) is 0.667. The molecule has 162 valence electrons. The summed E-state index contributed by atoms with van der Waals surface area (Å²) in [4.78, 5) is 17.0. The van der Waals surface area contributed by atoms with Crippen LogP contribution >= 0.6 is 0 Å². The van der Waals surface area contributed by atoms with E-state index in [9.17, 15) is 26.7 Å². The summed E-state index contributed by atoms with van der Waals surface area (Å²) in [5.41, 5.74) is -0.266. The number of hydrogen-bond donors (Lipinski definition) is 1. The van der Waals surface area contributed by atoms with Gasteiger partial charge in [0.1, 0.15) is 6.10 Å². The van der Waals surface area contributed by atoms with Crippen molar-refractivity contribution in [1.82, 2.24) is 9.88 Å². The molecule has 1 aromatic heterocycles. The van der Waals surface area contributed by atoms with Crippen molar-refractivity contribution in [1.29, 1.82) is 0 Å². The quantitative estimate of drug-likeness (QED) is 0.730. The minimum Gasteiger partial charge on any atom is -0.474 e. The van der Waals surface area contributed by atoms with E-state index in [0.29, 0.717) is 25.7 Å². The normalized spacial score (nSPS) is 20.4. The highest BCUT2D eigenvalue weighted by atomic mass is 19.4. The molecule has 1 saturated heterocycles. The second-order valence-electron chi connectivity index (χ2n) is 7.46. The van der Waals surface area contributed by atoms with Crippen molar-refractivity contribution in [3.63, 3.8) is 0 Å². The van der Waals surface area contributed by atoms with Crippen LogP contribution in [0.4, 0.5) is 26.7 Å². The van der Waals surface area contributed by atoms with E-state index in [1.54, 1.807) is 0 Å². The van der Waals surface area contributed by atoms with Gasteiger partial charge in [0.15, 0.2) is 0 Å². The Kier molecular flexibility index (Phi) is 6.16. The van der Waals surface area contributed by atoms with Gasteiger partial charge in [-0.3, -0.25) is 0 Å². The smallest absolute Gasteiger partial charge is 0.427 e. The van der Waals surface area contributed by atoms with E-state index in [4.69, 9.17) is 9.84 Å². The van der Waals surface area contributed by atoms with Crippen LogP contribution in [0.3, 0.4) is 0 Å². The minimum absolute atomic E-state index is 0.0951. The van der Waals surface area contributed by atoms with Gasteiger partial charge in [-0.2, -0.15) is 13.2 Å². The van der Waals surface area contributed by atoms with E-state index in [0.717, 1.165) is 0 Å². The van der Waals surface area contributed by atoms with Gasteiger partial charge in [-0.1, -0.05) is 0 Å². The molecule has 0 aromatic carbocycles. The second kappa shape index (κ2) is 8.29. The van der Waals surface area contributed by atoms with E-state index in [1.807, 2.05) is 0 Å². The third kappa shape index (κ3) is 5.06. The fourth-order valence-electron chi connectivity index (χ4n) is 3.76. The van der Waals surface area contributed by atoms with E-state index >= 15 is 0 Å². The van der Waals surface area contributed by atoms with Gasteiger partial charge in [-0.05, 0) is 37.2 Å². The maximum Gasteiger partial charge on any atom is 0.427 e. The van der Waals surface area contributed by atoms with Crippen LogP contribution in [0.25, 0.3) is 0 Å². The predicted molar refractivity (Wildman–Crippen MR) is 89.5 cm³/mol. The van der Waals surface area contributed by atoms with Crippen LogP contribution in [0.1, 0.15) is 37.7 Å². The lowest BCUT2D eigenvalue weighted by atomic mass is 9.61. The number of amides is 1. The molecule has 2 fully saturated rings. The van der Waals surface area contributed by atoms with Gasteiger partial charge in [0.2, 0.25) is 12.0 Å². The minimum atomic E-state index is -4.82. The number of likely N-dealkylation sites (tertiary alicyclic amines) is 1. The summed E-state index contributed by atoms with van der Waals surface area (Å²) in [5.74, 6) is 0.130. The van der Waals surface area contributed by atoms with Crippen molar-refractivity contribution in [2.45, 2.75) is 50.5 Å².